The zero-order valence-electron chi connectivity index (χ0n) is 12.1. The van der Waals surface area contributed by atoms with Gasteiger partial charge in [-0.3, -0.25) is 9.59 Å². The summed E-state index contributed by atoms with van der Waals surface area (Å²) < 4.78 is 5.35. The number of ketones is 1. The van der Waals surface area contributed by atoms with Gasteiger partial charge in [0.1, 0.15) is 12.4 Å². The summed E-state index contributed by atoms with van der Waals surface area (Å²) in [7, 11) is 0. The minimum atomic E-state index is -0.490. The van der Waals surface area contributed by atoms with Crippen molar-refractivity contribution in [1.82, 2.24) is 0 Å². The van der Waals surface area contributed by atoms with Crippen LogP contribution >= 0.6 is 0 Å². The van der Waals surface area contributed by atoms with Crippen molar-refractivity contribution in [1.29, 1.82) is 0 Å². The summed E-state index contributed by atoms with van der Waals surface area (Å²) >= 11 is 0. The van der Waals surface area contributed by atoms with Gasteiger partial charge in [-0.2, -0.15) is 0 Å². The Morgan fingerprint density at radius 2 is 2.00 bits per heavy atom. The summed E-state index contributed by atoms with van der Waals surface area (Å²) in [5, 5.41) is 0. The average molecular weight is 252 g/mol. The molecule has 2 aliphatic carbocycles. The van der Waals surface area contributed by atoms with Crippen LogP contribution < -0.4 is 0 Å². The molecule has 2 rings (SSSR count). The van der Waals surface area contributed by atoms with Crippen LogP contribution in [0.4, 0.5) is 0 Å². The molecule has 0 spiro atoms. The Hall–Kier alpha value is -0.860. The van der Waals surface area contributed by atoms with Gasteiger partial charge in [0, 0.05) is 6.42 Å². The second-order valence-corrected chi connectivity index (χ2v) is 7.41. The van der Waals surface area contributed by atoms with Gasteiger partial charge in [-0.1, -0.05) is 13.8 Å². The quantitative estimate of drug-likeness (QED) is 0.710. The molecule has 0 unspecified atom stereocenters. The smallest absolute Gasteiger partial charge is 0.311 e. The number of ether oxygens (including phenoxy) is 1. The Morgan fingerprint density at radius 3 is 2.56 bits per heavy atom. The highest BCUT2D eigenvalue weighted by atomic mass is 16.5. The van der Waals surface area contributed by atoms with E-state index < -0.39 is 5.41 Å². The van der Waals surface area contributed by atoms with Crippen molar-refractivity contribution in [2.75, 3.05) is 6.61 Å². The van der Waals surface area contributed by atoms with Crippen molar-refractivity contribution in [2.45, 2.75) is 47.5 Å². The van der Waals surface area contributed by atoms with Crippen LogP contribution in [-0.4, -0.2) is 18.4 Å². The minimum Gasteiger partial charge on any atom is -0.465 e. The molecule has 0 amide bonds. The highest BCUT2D eigenvalue weighted by Crippen LogP contribution is 2.66. The van der Waals surface area contributed by atoms with E-state index in [2.05, 4.69) is 13.8 Å². The summed E-state index contributed by atoms with van der Waals surface area (Å²) in [5.74, 6) is 1.07. The van der Waals surface area contributed by atoms with E-state index in [1.54, 1.807) is 0 Å². The Bertz CT molecular complexity index is 376. The van der Waals surface area contributed by atoms with Gasteiger partial charge in [0.05, 0.1) is 11.3 Å². The number of fused-ring (bicyclic) bond motifs is 1. The third kappa shape index (κ3) is 2.19. The lowest BCUT2D eigenvalue weighted by Crippen LogP contribution is -2.31. The van der Waals surface area contributed by atoms with Gasteiger partial charge in [0.25, 0.3) is 0 Å². The molecule has 3 nitrogen and oxygen atoms in total. The molecule has 0 heterocycles. The van der Waals surface area contributed by atoms with Crippen LogP contribution in [0.5, 0.6) is 0 Å². The monoisotopic (exact) mass is 252 g/mol. The number of hydrogen-bond donors (Lipinski definition) is 0. The van der Waals surface area contributed by atoms with Gasteiger partial charge >= 0.3 is 5.97 Å². The standard InChI is InChI=1S/C15H24O3/c1-14(2,3)13(17)18-8-9-11(16)7-6-10-12(9)15(10,4)5/h9-10,12H,6-8H2,1-5H3/t9-,10-,12+/m1/s1. The van der Waals surface area contributed by atoms with Crippen LogP contribution in [-0.2, 0) is 14.3 Å². The predicted octanol–water partition coefficient (Wildman–Crippen LogP) is 2.83. The van der Waals surface area contributed by atoms with Crippen LogP contribution in [0.15, 0.2) is 0 Å². The number of carbonyl (C=O) groups excluding carboxylic acids is 2. The average Bonchev–Trinajstić information content (AvgIpc) is 2.78. The topological polar surface area (TPSA) is 43.4 Å². The van der Waals surface area contributed by atoms with Gasteiger partial charge in [-0.15, -0.1) is 0 Å². The molecule has 2 saturated carbocycles. The normalized spacial score (nSPS) is 33.8. The third-order valence-electron chi connectivity index (χ3n) is 4.69. The Morgan fingerprint density at radius 1 is 1.39 bits per heavy atom. The molecule has 102 valence electrons. The van der Waals surface area contributed by atoms with E-state index in [0.29, 0.717) is 18.3 Å². The molecule has 3 atom stereocenters. The van der Waals surface area contributed by atoms with E-state index in [4.69, 9.17) is 4.74 Å². The maximum absolute atomic E-state index is 12.0. The fourth-order valence-electron chi connectivity index (χ4n) is 3.40. The Labute approximate surface area is 109 Å². The molecular formula is C15H24O3. The highest BCUT2D eigenvalue weighted by Gasteiger charge is 2.63. The third-order valence-corrected chi connectivity index (χ3v) is 4.69. The SMILES string of the molecule is CC(C)(C)C(=O)OC[C@@H]1C(=O)CC[C@@H]2[C@H]1C2(C)C. The summed E-state index contributed by atoms with van der Waals surface area (Å²) in [6, 6.07) is 0. The van der Waals surface area contributed by atoms with E-state index in [9.17, 15) is 9.59 Å². The lowest BCUT2D eigenvalue weighted by molar-refractivity contribution is -0.155. The van der Waals surface area contributed by atoms with Crippen molar-refractivity contribution < 1.29 is 14.3 Å². The van der Waals surface area contributed by atoms with E-state index >= 15 is 0 Å². The first-order valence-electron chi connectivity index (χ1n) is 6.85. The van der Waals surface area contributed by atoms with E-state index in [0.717, 1.165) is 6.42 Å². The lowest BCUT2D eigenvalue weighted by Gasteiger charge is -2.23. The zero-order valence-corrected chi connectivity index (χ0v) is 12.1. The molecule has 0 aromatic rings. The van der Waals surface area contributed by atoms with Crippen LogP contribution in [0.25, 0.3) is 0 Å². The molecule has 0 aromatic carbocycles. The summed E-state index contributed by atoms with van der Waals surface area (Å²) in [6.45, 7) is 10.2. The molecule has 0 saturated heterocycles. The number of esters is 1. The Balaban J connectivity index is 1.97. The molecular weight excluding hydrogens is 228 g/mol. The predicted molar refractivity (Wildman–Crippen MR) is 68.9 cm³/mol. The number of rotatable bonds is 2. The molecule has 2 aliphatic rings. The number of Topliss-reactive ketones (excluding diaryl/α,β-unsaturated/α-hetero) is 1. The van der Waals surface area contributed by atoms with Crippen molar-refractivity contribution in [2.24, 2.45) is 28.6 Å². The van der Waals surface area contributed by atoms with Crippen LogP contribution in [0.2, 0.25) is 0 Å². The molecule has 0 bridgehead atoms. The number of hydrogen-bond acceptors (Lipinski definition) is 3. The first kappa shape index (κ1) is 13.6. The fourth-order valence-corrected chi connectivity index (χ4v) is 3.40. The zero-order chi connectivity index (χ0) is 13.7. The van der Waals surface area contributed by atoms with Crippen molar-refractivity contribution in [3.8, 4) is 0 Å². The second-order valence-electron chi connectivity index (χ2n) is 7.41. The molecule has 0 aromatic heterocycles. The van der Waals surface area contributed by atoms with Gasteiger partial charge in [0.15, 0.2) is 0 Å². The first-order chi connectivity index (χ1) is 8.15. The maximum Gasteiger partial charge on any atom is 0.311 e. The molecule has 0 radical (unpaired) electrons. The largest absolute Gasteiger partial charge is 0.465 e. The van der Waals surface area contributed by atoms with Crippen LogP contribution in [0.3, 0.4) is 0 Å². The molecule has 18 heavy (non-hydrogen) atoms. The molecule has 0 aliphatic heterocycles. The molecule has 3 heteroatoms. The fraction of sp³-hybridized carbons (Fsp3) is 0.867. The maximum atomic E-state index is 12.0. The van der Waals surface area contributed by atoms with Crippen molar-refractivity contribution in [3.63, 3.8) is 0 Å². The minimum absolute atomic E-state index is 0.0648. The van der Waals surface area contributed by atoms with E-state index in [1.807, 2.05) is 20.8 Å². The summed E-state index contributed by atoms with van der Waals surface area (Å²) in [6.07, 6.45) is 1.67. The van der Waals surface area contributed by atoms with Crippen molar-refractivity contribution in [3.05, 3.63) is 0 Å². The lowest BCUT2D eigenvalue weighted by atomic mass is 9.88. The van der Waals surface area contributed by atoms with Crippen LogP contribution in [0.1, 0.15) is 47.5 Å². The number of carbonyl (C=O) groups is 2. The Kier molecular flexibility index (Phi) is 3.07. The van der Waals surface area contributed by atoms with Crippen molar-refractivity contribution >= 4 is 11.8 Å². The van der Waals surface area contributed by atoms with Crippen LogP contribution in [0, 0.1) is 28.6 Å². The van der Waals surface area contributed by atoms with E-state index in [-0.39, 0.29) is 29.7 Å². The van der Waals surface area contributed by atoms with Gasteiger partial charge < -0.3 is 4.74 Å². The highest BCUT2D eigenvalue weighted by molar-refractivity contribution is 5.84. The first-order valence-corrected chi connectivity index (χ1v) is 6.85. The van der Waals surface area contributed by atoms with Gasteiger partial charge in [-0.25, -0.2) is 0 Å². The van der Waals surface area contributed by atoms with Gasteiger partial charge in [-0.05, 0) is 44.4 Å². The molecule has 2 fully saturated rings. The molecule has 0 N–H and O–H groups in total. The summed E-state index contributed by atoms with van der Waals surface area (Å²) in [4.78, 5) is 23.8. The second kappa shape index (κ2) is 4.07. The summed E-state index contributed by atoms with van der Waals surface area (Å²) in [5.41, 5.74) is -0.235. The van der Waals surface area contributed by atoms with Gasteiger partial charge in [0.2, 0.25) is 0 Å². The van der Waals surface area contributed by atoms with E-state index in [1.165, 1.54) is 0 Å².